The van der Waals surface area contributed by atoms with Gasteiger partial charge in [0.25, 0.3) is 0 Å². The summed E-state index contributed by atoms with van der Waals surface area (Å²) in [7, 11) is 0. The van der Waals surface area contributed by atoms with Crippen molar-refractivity contribution in [3.8, 4) is 22.6 Å². The second-order valence-electron chi connectivity index (χ2n) is 8.84. The molecule has 14 heteroatoms. The molecule has 0 unspecified atom stereocenters. The van der Waals surface area contributed by atoms with Crippen molar-refractivity contribution in [2.45, 2.75) is 25.7 Å². The maximum Gasteiger partial charge on any atom is 0.573 e. The molecule has 0 saturated carbocycles. The van der Waals surface area contributed by atoms with Crippen molar-refractivity contribution in [3.63, 3.8) is 0 Å². The van der Waals surface area contributed by atoms with E-state index in [0.29, 0.717) is 43.5 Å². The van der Waals surface area contributed by atoms with Gasteiger partial charge in [-0.3, -0.25) is 0 Å². The molecule has 0 atom stereocenters. The fourth-order valence-electron chi connectivity index (χ4n) is 3.99. The fraction of sp³-hybridized carbons (Fsp3) is 0.333. The summed E-state index contributed by atoms with van der Waals surface area (Å²) < 4.78 is 149. The standard InChI is InChI=1S/C27H21F9O5/c1-2-37-11-14-12-38-25(39-13-14)16-8-21(30)24(22(31)9-16)26(32,33)40-17-4-5-18(19(28)10-17)15-3-6-23(20(29)7-15)41-27(34,35)36/h3-10,14,25H,2,11-13H2,1H3. The van der Waals surface area contributed by atoms with E-state index in [-0.39, 0.29) is 30.3 Å². The quantitative estimate of drug-likeness (QED) is 0.238. The van der Waals surface area contributed by atoms with Crippen molar-refractivity contribution in [1.82, 2.24) is 0 Å². The van der Waals surface area contributed by atoms with E-state index in [9.17, 15) is 39.5 Å². The smallest absolute Gasteiger partial charge is 0.429 e. The van der Waals surface area contributed by atoms with E-state index in [2.05, 4.69) is 9.47 Å². The van der Waals surface area contributed by atoms with E-state index in [1.54, 1.807) is 6.92 Å². The van der Waals surface area contributed by atoms with Gasteiger partial charge < -0.3 is 23.7 Å². The number of hydrogen-bond donors (Lipinski definition) is 0. The Kier molecular flexibility index (Phi) is 9.04. The summed E-state index contributed by atoms with van der Waals surface area (Å²) in [6.45, 7) is 2.92. The summed E-state index contributed by atoms with van der Waals surface area (Å²) in [5.74, 6) is -8.20. The first-order valence-electron chi connectivity index (χ1n) is 12.0. The van der Waals surface area contributed by atoms with Crippen LogP contribution in [0.3, 0.4) is 0 Å². The van der Waals surface area contributed by atoms with Gasteiger partial charge in [0.2, 0.25) is 0 Å². The maximum absolute atomic E-state index is 14.8. The third-order valence-corrected chi connectivity index (χ3v) is 5.81. The average molecular weight is 596 g/mol. The van der Waals surface area contributed by atoms with Crippen molar-refractivity contribution in [3.05, 3.63) is 82.9 Å². The predicted molar refractivity (Wildman–Crippen MR) is 124 cm³/mol. The SMILES string of the molecule is CCOCC1COC(c2cc(F)c(C(F)(F)Oc3ccc(-c4ccc(OC(F)(F)F)c(F)c4)c(F)c3)c(F)c2)OC1. The lowest BCUT2D eigenvalue weighted by atomic mass is 10.0. The van der Waals surface area contributed by atoms with Gasteiger partial charge in [0, 0.05) is 29.7 Å². The van der Waals surface area contributed by atoms with Crippen molar-refractivity contribution in [2.75, 3.05) is 26.4 Å². The van der Waals surface area contributed by atoms with Crippen LogP contribution in [0.15, 0.2) is 48.5 Å². The van der Waals surface area contributed by atoms with E-state index in [1.807, 2.05) is 0 Å². The fourth-order valence-corrected chi connectivity index (χ4v) is 3.99. The highest BCUT2D eigenvalue weighted by atomic mass is 19.4. The summed E-state index contributed by atoms with van der Waals surface area (Å²) in [5, 5.41) is 0. The molecule has 3 aromatic rings. The molecule has 1 aliphatic rings. The molecular formula is C27H21F9O5. The number of halogens is 9. The van der Waals surface area contributed by atoms with Gasteiger partial charge in [-0.25, -0.2) is 17.6 Å². The summed E-state index contributed by atoms with van der Waals surface area (Å²) in [5.41, 5.74) is -2.59. The third-order valence-electron chi connectivity index (χ3n) is 5.81. The average Bonchev–Trinajstić information content (AvgIpc) is 2.87. The minimum atomic E-state index is -5.16. The molecule has 0 bridgehead atoms. The molecule has 1 aliphatic heterocycles. The third kappa shape index (κ3) is 7.43. The molecule has 0 aliphatic carbocycles. The monoisotopic (exact) mass is 596 g/mol. The van der Waals surface area contributed by atoms with Crippen molar-refractivity contribution in [1.29, 1.82) is 0 Å². The van der Waals surface area contributed by atoms with E-state index >= 15 is 0 Å². The van der Waals surface area contributed by atoms with Crippen molar-refractivity contribution in [2.24, 2.45) is 5.92 Å². The molecule has 0 N–H and O–H groups in total. The number of benzene rings is 3. The molecule has 0 aromatic heterocycles. The first-order valence-corrected chi connectivity index (χ1v) is 12.0. The van der Waals surface area contributed by atoms with Crippen LogP contribution >= 0.6 is 0 Å². The summed E-state index contributed by atoms with van der Waals surface area (Å²) in [6.07, 6.45) is -11.0. The van der Waals surface area contributed by atoms with Crippen LogP contribution in [0.2, 0.25) is 0 Å². The molecule has 222 valence electrons. The molecule has 1 fully saturated rings. The minimum absolute atomic E-state index is 0.119. The Morgan fingerprint density at radius 3 is 2.00 bits per heavy atom. The molecular weight excluding hydrogens is 575 g/mol. The van der Waals surface area contributed by atoms with E-state index in [0.717, 1.165) is 18.2 Å². The highest BCUT2D eigenvalue weighted by molar-refractivity contribution is 5.66. The zero-order valence-corrected chi connectivity index (χ0v) is 21.0. The van der Waals surface area contributed by atoms with Gasteiger partial charge in [-0.05, 0) is 48.9 Å². The zero-order valence-electron chi connectivity index (χ0n) is 21.0. The van der Waals surface area contributed by atoms with E-state index in [1.165, 1.54) is 0 Å². The molecule has 3 aromatic carbocycles. The topological polar surface area (TPSA) is 46.2 Å². The molecule has 5 nitrogen and oxygen atoms in total. The van der Waals surface area contributed by atoms with Gasteiger partial charge in [0.1, 0.15) is 28.8 Å². The normalized spacial score (nSPS) is 17.9. The Labute approximate surface area is 227 Å². The zero-order chi connectivity index (χ0) is 29.9. The number of ether oxygens (including phenoxy) is 5. The van der Waals surface area contributed by atoms with E-state index < -0.39 is 64.7 Å². The Morgan fingerprint density at radius 2 is 1.44 bits per heavy atom. The summed E-state index contributed by atoms with van der Waals surface area (Å²) in [4.78, 5) is 0. The highest BCUT2D eigenvalue weighted by Crippen LogP contribution is 2.39. The van der Waals surface area contributed by atoms with Crippen LogP contribution < -0.4 is 9.47 Å². The lowest BCUT2D eigenvalue weighted by Crippen LogP contribution is -2.31. The van der Waals surface area contributed by atoms with Crippen molar-refractivity contribution < 1.29 is 63.2 Å². The van der Waals surface area contributed by atoms with E-state index in [4.69, 9.17) is 14.2 Å². The van der Waals surface area contributed by atoms with Crippen LogP contribution in [0, 0.1) is 29.2 Å². The first-order chi connectivity index (χ1) is 19.3. The molecule has 0 amide bonds. The molecule has 41 heavy (non-hydrogen) atoms. The maximum atomic E-state index is 14.8. The first kappa shape index (κ1) is 30.5. The van der Waals surface area contributed by atoms with Gasteiger partial charge in [-0.1, -0.05) is 6.07 Å². The van der Waals surface area contributed by atoms with Gasteiger partial charge in [-0.2, -0.15) is 8.78 Å². The molecule has 0 radical (unpaired) electrons. The van der Waals surface area contributed by atoms with Gasteiger partial charge in [0.05, 0.1) is 19.8 Å². The lowest BCUT2D eigenvalue weighted by Gasteiger charge is -2.30. The molecule has 4 rings (SSSR count). The lowest BCUT2D eigenvalue weighted by molar-refractivity contribution is -0.275. The second-order valence-corrected chi connectivity index (χ2v) is 8.84. The second kappa shape index (κ2) is 12.2. The Balaban J connectivity index is 1.49. The molecule has 1 heterocycles. The Bertz CT molecular complexity index is 1350. The summed E-state index contributed by atoms with van der Waals surface area (Å²) in [6, 6.07) is 5.37. The van der Waals surface area contributed by atoms with Crippen LogP contribution in [0.25, 0.3) is 11.1 Å². The Morgan fingerprint density at radius 1 is 0.780 bits per heavy atom. The van der Waals surface area contributed by atoms with Gasteiger partial charge in [-0.15, -0.1) is 13.2 Å². The van der Waals surface area contributed by atoms with Crippen LogP contribution in [-0.2, 0) is 20.3 Å². The van der Waals surface area contributed by atoms with Gasteiger partial charge in [0.15, 0.2) is 17.9 Å². The number of hydrogen-bond acceptors (Lipinski definition) is 5. The predicted octanol–water partition coefficient (Wildman–Crippen LogP) is 7.64. The van der Waals surface area contributed by atoms with Crippen LogP contribution in [0.1, 0.15) is 24.3 Å². The molecule has 1 saturated heterocycles. The largest absolute Gasteiger partial charge is 0.573 e. The number of rotatable bonds is 9. The van der Waals surface area contributed by atoms with Crippen molar-refractivity contribution >= 4 is 0 Å². The Hall–Kier alpha value is -3.49. The van der Waals surface area contributed by atoms with Gasteiger partial charge >= 0.3 is 12.5 Å². The van der Waals surface area contributed by atoms with Crippen LogP contribution in [0.5, 0.6) is 11.5 Å². The number of alkyl halides is 5. The van der Waals surface area contributed by atoms with Crippen LogP contribution in [0.4, 0.5) is 39.5 Å². The highest BCUT2D eigenvalue weighted by Gasteiger charge is 2.42. The molecule has 0 spiro atoms. The minimum Gasteiger partial charge on any atom is -0.429 e. The summed E-state index contributed by atoms with van der Waals surface area (Å²) >= 11 is 0. The van der Waals surface area contributed by atoms with Crippen LogP contribution in [-0.4, -0.2) is 32.8 Å².